The number of nitrogens with one attached hydrogen (secondary N) is 1. The van der Waals surface area contributed by atoms with Crippen LogP contribution in [0.1, 0.15) is 42.6 Å². The van der Waals surface area contributed by atoms with Crippen molar-refractivity contribution >= 4 is 5.91 Å². The number of benzene rings is 2. The van der Waals surface area contributed by atoms with Crippen molar-refractivity contribution in [2.45, 2.75) is 33.1 Å². The maximum absolute atomic E-state index is 12.4. The van der Waals surface area contributed by atoms with Crippen LogP contribution in [-0.4, -0.2) is 31.3 Å². The van der Waals surface area contributed by atoms with Crippen molar-refractivity contribution in [2.75, 3.05) is 20.3 Å². The number of rotatable bonds is 10. The van der Waals surface area contributed by atoms with Gasteiger partial charge < -0.3 is 19.9 Å². The van der Waals surface area contributed by atoms with Gasteiger partial charge in [-0.25, -0.2) is 0 Å². The molecule has 0 saturated heterocycles. The smallest absolute Gasteiger partial charge is 0.251 e. The fourth-order valence-corrected chi connectivity index (χ4v) is 2.75. The maximum Gasteiger partial charge on any atom is 0.251 e. The van der Waals surface area contributed by atoms with Crippen molar-refractivity contribution in [3.05, 3.63) is 53.6 Å². The summed E-state index contributed by atoms with van der Waals surface area (Å²) < 4.78 is 11.3. The molecule has 0 fully saturated rings. The minimum Gasteiger partial charge on any atom is -0.508 e. The van der Waals surface area contributed by atoms with Gasteiger partial charge in [0.25, 0.3) is 5.91 Å². The summed E-state index contributed by atoms with van der Waals surface area (Å²) in [5, 5.41) is 12.2. The van der Waals surface area contributed by atoms with Crippen LogP contribution >= 0.6 is 0 Å². The Morgan fingerprint density at radius 3 is 2.41 bits per heavy atom. The first-order valence-electron chi connectivity index (χ1n) is 9.44. The van der Waals surface area contributed by atoms with Crippen LogP contribution in [0.25, 0.3) is 0 Å². The van der Waals surface area contributed by atoms with Gasteiger partial charge in [-0.3, -0.25) is 4.79 Å². The molecule has 2 rings (SSSR count). The van der Waals surface area contributed by atoms with Crippen LogP contribution in [0.4, 0.5) is 0 Å². The van der Waals surface area contributed by atoms with E-state index in [4.69, 9.17) is 9.47 Å². The van der Waals surface area contributed by atoms with E-state index < -0.39 is 0 Å². The highest BCUT2D eigenvalue weighted by atomic mass is 16.5. The molecule has 1 amide bonds. The molecule has 5 heteroatoms. The van der Waals surface area contributed by atoms with Crippen LogP contribution < -0.4 is 14.8 Å². The summed E-state index contributed by atoms with van der Waals surface area (Å²) in [4.78, 5) is 12.4. The van der Waals surface area contributed by atoms with E-state index in [1.165, 1.54) is 0 Å². The number of hydrogen-bond acceptors (Lipinski definition) is 4. The second-order valence-electron chi connectivity index (χ2n) is 6.53. The van der Waals surface area contributed by atoms with Gasteiger partial charge in [0, 0.05) is 12.1 Å². The number of aromatic hydroxyl groups is 1. The van der Waals surface area contributed by atoms with Crippen LogP contribution in [0.2, 0.25) is 0 Å². The van der Waals surface area contributed by atoms with Crippen LogP contribution in [-0.2, 0) is 6.42 Å². The predicted octanol–water partition coefficient (Wildman–Crippen LogP) is 4.19. The first-order chi connectivity index (χ1) is 13.1. The van der Waals surface area contributed by atoms with Gasteiger partial charge in [0.1, 0.15) is 5.75 Å². The monoisotopic (exact) mass is 371 g/mol. The van der Waals surface area contributed by atoms with Crippen molar-refractivity contribution in [3.63, 3.8) is 0 Å². The highest BCUT2D eigenvalue weighted by molar-refractivity contribution is 5.94. The molecule has 0 heterocycles. The average molecular weight is 371 g/mol. The molecule has 0 aliphatic heterocycles. The molecule has 0 spiro atoms. The number of amides is 1. The molecule has 0 aromatic heterocycles. The summed E-state index contributed by atoms with van der Waals surface area (Å²) in [6, 6.07) is 12.2. The molecular formula is C22H29NO4. The normalized spacial score (nSPS) is 10.7. The minimum atomic E-state index is -0.149. The summed E-state index contributed by atoms with van der Waals surface area (Å²) in [7, 11) is 1.59. The highest BCUT2D eigenvalue weighted by Crippen LogP contribution is 2.29. The quantitative estimate of drug-likeness (QED) is 0.657. The Hall–Kier alpha value is -2.69. The van der Waals surface area contributed by atoms with Crippen molar-refractivity contribution in [2.24, 2.45) is 5.92 Å². The minimum absolute atomic E-state index is 0.149. The molecule has 27 heavy (non-hydrogen) atoms. The summed E-state index contributed by atoms with van der Waals surface area (Å²) in [5.41, 5.74) is 1.60. The summed E-state index contributed by atoms with van der Waals surface area (Å²) in [6.07, 6.45) is 2.80. The molecule has 2 N–H and O–H groups in total. The predicted molar refractivity (Wildman–Crippen MR) is 107 cm³/mol. The first kappa shape index (κ1) is 20.6. The third-order valence-corrected chi connectivity index (χ3v) is 4.69. The number of phenols is 1. The summed E-state index contributed by atoms with van der Waals surface area (Å²) >= 11 is 0. The molecule has 0 atom stereocenters. The lowest BCUT2D eigenvalue weighted by Crippen LogP contribution is -2.25. The third-order valence-electron chi connectivity index (χ3n) is 4.69. The Morgan fingerprint density at radius 1 is 1.07 bits per heavy atom. The average Bonchev–Trinajstić information content (AvgIpc) is 2.70. The lowest BCUT2D eigenvalue weighted by Gasteiger charge is -2.16. The lowest BCUT2D eigenvalue weighted by atomic mass is 10.1. The van der Waals surface area contributed by atoms with Gasteiger partial charge in [-0.15, -0.1) is 0 Å². The van der Waals surface area contributed by atoms with E-state index in [-0.39, 0.29) is 11.7 Å². The molecule has 0 saturated carbocycles. The second-order valence-corrected chi connectivity index (χ2v) is 6.53. The Labute approximate surface area is 161 Å². The first-order valence-corrected chi connectivity index (χ1v) is 9.44. The second kappa shape index (κ2) is 10.5. The van der Waals surface area contributed by atoms with Gasteiger partial charge in [0.15, 0.2) is 11.5 Å². The zero-order valence-corrected chi connectivity index (χ0v) is 16.3. The molecule has 0 aliphatic rings. The number of hydrogen-bond donors (Lipinski definition) is 2. The molecule has 5 nitrogen and oxygen atoms in total. The van der Waals surface area contributed by atoms with Gasteiger partial charge in [-0.05, 0) is 48.2 Å². The Morgan fingerprint density at radius 2 is 1.78 bits per heavy atom. The topological polar surface area (TPSA) is 67.8 Å². The van der Waals surface area contributed by atoms with E-state index in [9.17, 15) is 9.90 Å². The Balaban J connectivity index is 1.96. The van der Waals surface area contributed by atoms with E-state index in [1.807, 2.05) is 12.1 Å². The zero-order valence-electron chi connectivity index (χ0n) is 16.3. The van der Waals surface area contributed by atoms with Gasteiger partial charge >= 0.3 is 0 Å². The summed E-state index contributed by atoms with van der Waals surface area (Å²) in [5.74, 6) is 1.79. The Bertz CT molecular complexity index is 724. The number of ether oxygens (including phenoxy) is 2. The number of carbonyl (C=O) groups is 1. The van der Waals surface area contributed by atoms with Crippen LogP contribution in [0, 0.1) is 5.92 Å². The SMILES string of the molecule is CCC(CC)COc1cc(C(=O)NCCc2ccc(O)cc2)ccc1OC. The number of phenolic OH excluding ortho intramolecular Hbond substituents is 1. The largest absolute Gasteiger partial charge is 0.508 e. The van der Waals surface area contributed by atoms with Crippen LogP contribution in [0.3, 0.4) is 0 Å². The van der Waals surface area contributed by atoms with Crippen LogP contribution in [0.5, 0.6) is 17.2 Å². The number of carbonyl (C=O) groups excluding carboxylic acids is 1. The van der Waals surface area contributed by atoms with Gasteiger partial charge in [-0.1, -0.05) is 38.8 Å². The van der Waals surface area contributed by atoms with E-state index in [1.54, 1.807) is 37.4 Å². The van der Waals surface area contributed by atoms with Crippen LogP contribution in [0.15, 0.2) is 42.5 Å². The Kier molecular flexibility index (Phi) is 7.99. The van der Waals surface area contributed by atoms with E-state index in [0.29, 0.717) is 42.6 Å². The standard InChI is InChI=1S/C22H29NO4/c1-4-16(5-2)15-27-21-14-18(8-11-20(21)26-3)22(25)23-13-12-17-6-9-19(24)10-7-17/h6-11,14,16,24H,4-5,12-13,15H2,1-3H3,(H,23,25). The maximum atomic E-state index is 12.4. The lowest BCUT2D eigenvalue weighted by molar-refractivity contribution is 0.0953. The van der Waals surface area contributed by atoms with Gasteiger partial charge in [0.05, 0.1) is 13.7 Å². The molecule has 0 radical (unpaired) electrons. The van der Waals surface area contributed by atoms with E-state index >= 15 is 0 Å². The van der Waals surface area contributed by atoms with Crippen molar-refractivity contribution in [1.82, 2.24) is 5.32 Å². The molecule has 2 aromatic carbocycles. The van der Waals surface area contributed by atoms with Crippen molar-refractivity contribution in [3.8, 4) is 17.2 Å². The molecule has 2 aromatic rings. The number of methoxy groups -OCH3 is 1. The fourth-order valence-electron chi connectivity index (χ4n) is 2.75. The van der Waals surface area contributed by atoms with Crippen molar-refractivity contribution < 1.29 is 19.4 Å². The zero-order chi connectivity index (χ0) is 19.6. The summed E-state index contributed by atoms with van der Waals surface area (Å²) in [6.45, 7) is 5.41. The third kappa shape index (κ3) is 6.20. The van der Waals surface area contributed by atoms with E-state index in [2.05, 4.69) is 19.2 Å². The molecule has 146 valence electrons. The fraction of sp³-hybridized carbons (Fsp3) is 0.409. The molecule has 0 bridgehead atoms. The van der Waals surface area contributed by atoms with Gasteiger partial charge in [0.2, 0.25) is 0 Å². The van der Waals surface area contributed by atoms with Gasteiger partial charge in [-0.2, -0.15) is 0 Å². The molecule has 0 aliphatic carbocycles. The van der Waals surface area contributed by atoms with Crippen molar-refractivity contribution in [1.29, 1.82) is 0 Å². The van der Waals surface area contributed by atoms with E-state index in [0.717, 1.165) is 18.4 Å². The molecular weight excluding hydrogens is 342 g/mol. The highest BCUT2D eigenvalue weighted by Gasteiger charge is 2.13. The molecule has 0 unspecified atom stereocenters.